The molecule has 0 spiro atoms. The molecule has 0 atom stereocenters. The standard InChI is InChI=1S/C18H17Cl2N3O2/c1-3-23(4-2)17-8-6-14(25-17)9-12(11-21)18(24)22-16-7-5-13(19)10-15(16)20/h5-10H,3-4H2,1-2H3,(H,22,24)/b12-9-. The van der Waals surface area contributed by atoms with Crippen LogP contribution in [0.25, 0.3) is 6.08 Å². The van der Waals surface area contributed by atoms with E-state index < -0.39 is 5.91 Å². The molecule has 0 aliphatic rings. The van der Waals surface area contributed by atoms with Crippen molar-refractivity contribution in [2.24, 2.45) is 0 Å². The number of nitriles is 1. The van der Waals surface area contributed by atoms with Crippen LogP contribution in [0.2, 0.25) is 10.0 Å². The second-order valence-electron chi connectivity index (χ2n) is 5.10. The number of carbonyl (C=O) groups is 1. The quantitative estimate of drug-likeness (QED) is 0.569. The van der Waals surface area contributed by atoms with Gasteiger partial charge >= 0.3 is 0 Å². The van der Waals surface area contributed by atoms with Gasteiger partial charge in [-0.25, -0.2) is 0 Å². The molecule has 0 aliphatic carbocycles. The van der Waals surface area contributed by atoms with Crippen molar-refractivity contribution in [2.45, 2.75) is 13.8 Å². The fraction of sp³-hybridized carbons (Fsp3) is 0.222. The van der Waals surface area contributed by atoms with E-state index in [2.05, 4.69) is 5.32 Å². The normalized spacial score (nSPS) is 11.1. The van der Waals surface area contributed by atoms with Gasteiger partial charge in [0.1, 0.15) is 17.4 Å². The molecular formula is C18H17Cl2N3O2. The minimum atomic E-state index is -0.576. The molecule has 1 amide bonds. The molecule has 1 aromatic carbocycles. The van der Waals surface area contributed by atoms with E-state index in [1.165, 1.54) is 12.1 Å². The Morgan fingerprint density at radius 2 is 2.00 bits per heavy atom. The average Bonchev–Trinajstić information content (AvgIpc) is 3.04. The molecule has 0 radical (unpaired) electrons. The summed E-state index contributed by atoms with van der Waals surface area (Å²) >= 11 is 11.9. The zero-order chi connectivity index (χ0) is 18.4. The van der Waals surface area contributed by atoms with Crippen molar-refractivity contribution in [1.82, 2.24) is 0 Å². The van der Waals surface area contributed by atoms with Gasteiger partial charge in [-0.2, -0.15) is 5.26 Å². The first-order chi connectivity index (χ1) is 12.0. The maximum Gasteiger partial charge on any atom is 0.266 e. The average molecular weight is 378 g/mol. The number of furan rings is 1. The molecule has 2 rings (SSSR count). The summed E-state index contributed by atoms with van der Waals surface area (Å²) in [7, 11) is 0. The predicted octanol–water partition coefficient (Wildman–Crippen LogP) is 4.98. The Bertz CT molecular complexity index is 833. The van der Waals surface area contributed by atoms with E-state index in [-0.39, 0.29) is 5.57 Å². The zero-order valence-electron chi connectivity index (χ0n) is 13.8. The number of nitrogens with zero attached hydrogens (tertiary/aromatic N) is 2. The van der Waals surface area contributed by atoms with Crippen molar-refractivity contribution in [2.75, 3.05) is 23.3 Å². The van der Waals surface area contributed by atoms with Crippen LogP contribution in [0.3, 0.4) is 0 Å². The highest BCUT2D eigenvalue weighted by Gasteiger charge is 2.13. The van der Waals surface area contributed by atoms with Crippen molar-refractivity contribution in [1.29, 1.82) is 5.26 Å². The summed E-state index contributed by atoms with van der Waals surface area (Å²) in [5.41, 5.74) is 0.284. The van der Waals surface area contributed by atoms with Crippen molar-refractivity contribution < 1.29 is 9.21 Å². The van der Waals surface area contributed by atoms with Crippen LogP contribution in [-0.4, -0.2) is 19.0 Å². The molecule has 130 valence electrons. The zero-order valence-corrected chi connectivity index (χ0v) is 15.4. The lowest BCUT2D eigenvalue weighted by molar-refractivity contribution is -0.112. The molecule has 0 aliphatic heterocycles. The van der Waals surface area contributed by atoms with Crippen LogP contribution in [-0.2, 0) is 4.79 Å². The summed E-state index contributed by atoms with van der Waals surface area (Å²) in [6.07, 6.45) is 1.39. The van der Waals surface area contributed by atoms with Crippen LogP contribution >= 0.6 is 23.2 Å². The molecular weight excluding hydrogens is 361 g/mol. The summed E-state index contributed by atoms with van der Waals surface area (Å²) in [5.74, 6) is 0.540. The number of hydrogen-bond acceptors (Lipinski definition) is 4. The summed E-state index contributed by atoms with van der Waals surface area (Å²) in [6.45, 7) is 5.64. The third-order valence-corrected chi connectivity index (χ3v) is 4.07. The molecule has 0 saturated carbocycles. The monoisotopic (exact) mass is 377 g/mol. The van der Waals surface area contributed by atoms with Gasteiger partial charge in [-0.15, -0.1) is 0 Å². The molecule has 0 saturated heterocycles. The molecule has 0 fully saturated rings. The Kier molecular flexibility index (Phi) is 6.51. The van der Waals surface area contributed by atoms with Gasteiger partial charge in [-0.05, 0) is 38.1 Å². The maximum atomic E-state index is 12.3. The largest absolute Gasteiger partial charge is 0.441 e. The van der Waals surface area contributed by atoms with Crippen molar-refractivity contribution in [3.63, 3.8) is 0 Å². The summed E-state index contributed by atoms with van der Waals surface area (Å²) in [6, 6.07) is 10.1. The van der Waals surface area contributed by atoms with E-state index in [0.29, 0.717) is 27.4 Å². The number of rotatable bonds is 6. The topological polar surface area (TPSA) is 69.3 Å². The minimum Gasteiger partial charge on any atom is -0.441 e. The van der Waals surface area contributed by atoms with E-state index in [1.54, 1.807) is 18.2 Å². The van der Waals surface area contributed by atoms with E-state index in [1.807, 2.05) is 30.9 Å². The van der Waals surface area contributed by atoms with E-state index in [9.17, 15) is 10.1 Å². The maximum absolute atomic E-state index is 12.3. The van der Waals surface area contributed by atoms with E-state index >= 15 is 0 Å². The number of hydrogen-bond donors (Lipinski definition) is 1. The van der Waals surface area contributed by atoms with Gasteiger partial charge in [-0.3, -0.25) is 4.79 Å². The second-order valence-corrected chi connectivity index (χ2v) is 5.94. The Morgan fingerprint density at radius 3 is 2.60 bits per heavy atom. The van der Waals surface area contributed by atoms with E-state index in [0.717, 1.165) is 13.1 Å². The predicted molar refractivity (Wildman–Crippen MR) is 101 cm³/mol. The van der Waals surface area contributed by atoms with Gasteiger partial charge < -0.3 is 14.6 Å². The van der Waals surface area contributed by atoms with Crippen LogP contribution in [0, 0.1) is 11.3 Å². The number of amides is 1. The molecule has 1 aromatic heterocycles. The fourth-order valence-electron chi connectivity index (χ4n) is 2.20. The van der Waals surface area contributed by atoms with Gasteiger partial charge in [0, 0.05) is 30.3 Å². The van der Waals surface area contributed by atoms with Gasteiger partial charge in [0.05, 0.1) is 10.7 Å². The summed E-state index contributed by atoms with van der Waals surface area (Å²) in [5, 5.41) is 12.6. The molecule has 1 heterocycles. The number of benzene rings is 1. The lowest BCUT2D eigenvalue weighted by Gasteiger charge is -2.16. The molecule has 1 N–H and O–H groups in total. The van der Waals surface area contributed by atoms with Crippen molar-refractivity contribution in [3.8, 4) is 6.07 Å². The number of halogens is 2. The van der Waals surface area contributed by atoms with Crippen LogP contribution in [0.15, 0.2) is 40.3 Å². The Hall–Kier alpha value is -2.42. The number of nitrogens with one attached hydrogen (secondary N) is 1. The van der Waals surface area contributed by atoms with E-state index in [4.69, 9.17) is 27.6 Å². The summed E-state index contributed by atoms with van der Waals surface area (Å²) in [4.78, 5) is 14.3. The van der Waals surface area contributed by atoms with Crippen LogP contribution < -0.4 is 10.2 Å². The molecule has 5 nitrogen and oxygen atoms in total. The highest BCUT2D eigenvalue weighted by molar-refractivity contribution is 6.36. The minimum absolute atomic E-state index is 0.0912. The lowest BCUT2D eigenvalue weighted by Crippen LogP contribution is -2.20. The molecule has 0 unspecified atom stereocenters. The second kappa shape index (κ2) is 8.61. The smallest absolute Gasteiger partial charge is 0.266 e. The van der Waals surface area contributed by atoms with Gasteiger partial charge in [0.2, 0.25) is 0 Å². The van der Waals surface area contributed by atoms with Crippen molar-refractivity contribution in [3.05, 3.63) is 51.7 Å². The first-order valence-corrected chi connectivity index (χ1v) is 8.47. The fourth-order valence-corrected chi connectivity index (χ4v) is 2.65. The highest BCUT2D eigenvalue weighted by atomic mass is 35.5. The molecule has 7 heteroatoms. The molecule has 2 aromatic rings. The SMILES string of the molecule is CCN(CC)c1ccc(/C=C(/C#N)C(=O)Nc2ccc(Cl)cc2Cl)o1. The van der Waals surface area contributed by atoms with Crippen LogP contribution in [0.4, 0.5) is 11.6 Å². The first kappa shape index (κ1) is 18.9. The lowest BCUT2D eigenvalue weighted by atomic mass is 10.2. The molecule has 25 heavy (non-hydrogen) atoms. The molecule has 0 bridgehead atoms. The number of anilines is 2. The Morgan fingerprint density at radius 1 is 1.28 bits per heavy atom. The van der Waals surface area contributed by atoms with Gasteiger partial charge in [0.15, 0.2) is 5.88 Å². The van der Waals surface area contributed by atoms with Crippen molar-refractivity contribution >= 4 is 46.8 Å². The van der Waals surface area contributed by atoms with Crippen LogP contribution in [0.5, 0.6) is 0 Å². The van der Waals surface area contributed by atoms with Crippen LogP contribution in [0.1, 0.15) is 19.6 Å². The van der Waals surface area contributed by atoms with Gasteiger partial charge in [0.25, 0.3) is 5.91 Å². The summed E-state index contributed by atoms with van der Waals surface area (Å²) < 4.78 is 5.67. The Balaban J connectivity index is 2.19. The third-order valence-electron chi connectivity index (χ3n) is 3.52. The Labute approximate surface area is 156 Å². The third kappa shape index (κ3) is 4.79. The highest BCUT2D eigenvalue weighted by Crippen LogP contribution is 2.26. The van der Waals surface area contributed by atoms with Gasteiger partial charge in [-0.1, -0.05) is 23.2 Å². The number of carbonyl (C=O) groups excluding carboxylic acids is 1. The first-order valence-electron chi connectivity index (χ1n) is 7.71.